The van der Waals surface area contributed by atoms with Crippen molar-refractivity contribution in [2.75, 3.05) is 13.2 Å². The molecule has 2 rings (SSSR count). The van der Waals surface area contributed by atoms with E-state index in [1.54, 1.807) is 0 Å². The molecule has 1 N–H and O–H groups in total. The number of ether oxygens (including phenoxy) is 2. The van der Waals surface area contributed by atoms with Gasteiger partial charge in [0.15, 0.2) is 0 Å². The molecule has 0 aromatic carbocycles. The summed E-state index contributed by atoms with van der Waals surface area (Å²) in [6.07, 6.45) is 6.83. The highest BCUT2D eigenvalue weighted by molar-refractivity contribution is 5.04. The van der Waals surface area contributed by atoms with Gasteiger partial charge in [0.05, 0.1) is 12.2 Å². The Labute approximate surface area is 118 Å². The minimum atomic E-state index is 0.272. The van der Waals surface area contributed by atoms with E-state index in [-0.39, 0.29) is 5.41 Å². The van der Waals surface area contributed by atoms with Crippen LogP contribution < -0.4 is 5.32 Å². The van der Waals surface area contributed by atoms with Crippen molar-refractivity contribution in [2.24, 2.45) is 5.41 Å². The van der Waals surface area contributed by atoms with Gasteiger partial charge in [-0.15, -0.1) is 0 Å². The molecule has 19 heavy (non-hydrogen) atoms. The minimum absolute atomic E-state index is 0.272. The average molecular weight is 269 g/mol. The van der Waals surface area contributed by atoms with Crippen LogP contribution >= 0.6 is 0 Å². The van der Waals surface area contributed by atoms with Crippen LogP contribution in [-0.2, 0) is 9.47 Å². The highest BCUT2D eigenvalue weighted by Gasteiger charge is 2.49. The normalized spacial score (nSPS) is 37.9. The third-order valence-corrected chi connectivity index (χ3v) is 4.96. The molecule has 1 aliphatic heterocycles. The van der Waals surface area contributed by atoms with Crippen molar-refractivity contribution in [1.82, 2.24) is 5.32 Å². The van der Waals surface area contributed by atoms with Crippen LogP contribution in [0.4, 0.5) is 0 Å². The second kappa shape index (κ2) is 6.55. The van der Waals surface area contributed by atoms with E-state index in [1.165, 1.54) is 19.3 Å². The Morgan fingerprint density at radius 1 is 1.26 bits per heavy atom. The molecule has 3 heteroatoms. The molecule has 0 aromatic heterocycles. The Hall–Kier alpha value is -0.120. The smallest absolute Gasteiger partial charge is 0.0655 e. The molecule has 2 aliphatic rings. The van der Waals surface area contributed by atoms with E-state index < -0.39 is 0 Å². The summed E-state index contributed by atoms with van der Waals surface area (Å²) in [7, 11) is 0. The summed E-state index contributed by atoms with van der Waals surface area (Å²) in [6, 6.07) is 1.24. The van der Waals surface area contributed by atoms with E-state index in [0.29, 0.717) is 24.3 Å². The first-order valence-electron chi connectivity index (χ1n) is 8.07. The van der Waals surface area contributed by atoms with E-state index in [0.717, 1.165) is 26.1 Å². The molecular formula is C16H31NO2. The molecule has 1 aliphatic carbocycles. The van der Waals surface area contributed by atoms with E-state index in [9.17, 15) is 0 Å². The zero-order valence-electron chi connectivity index (χ0n) is 13.1. The molecule has 0 aromatic rings. The van der Waals surface area contributed by atoms with Gasteiger partial charge in [-0.1, -0.05) is 27.2 Å². The summed E-state index contributed by atoms with van der Waals surface area (Å²) in [5.74, 6) is 0. The highest BCUT2D eigenvalue weighted by Crippen LogP contribution is 2.43. The Morgan fingerprint density at radius 3 is 2.68 bits per heavy atom. The Bertz CT molecular complexity index is 278. The zero-order valence-corrected chi connectivity index (χ0v) is 13.1. The lowest BCUT2D eigenvalue weighted by Gasteiger charge is -2.53. The van der Waals surface area contributed by atoms with E-state index in [4.69, 9.17) is 9.47 Å². The molecule has 0 spiro atoms. The number of nitrogens with one attached hydrogen (secondary N) is 1. The van der Waals surface area contributed by atoms with Crippen LogP contribution in [0, 0.1) is 5.41 Å². The monoisotopic (exact) mass is 269 g/mol. The van der Waals surface area contributed by atoms with Crippen LogP contribution in [0.25, 0.3) is 0 Å². The Kier molecular flexibility index (Phi) is 5.27. The SMILES string of the molecule is CCCC1CC(NC2CC(OCC)C2(C)C)CCO1. The molecule has 1 heterocycles. The maximum absolute atomic E-state index is 5.83. The summed E-state index contributed by atoms with van der Waals surface area (Å²) >= 11 is 0. The van der Waals surface area contributed by atoms with Gasteiger partial charge in [0, 0.05) is 30.7 Å². The summed E-state index contributed by atoms with van der Waals surface area (Å²) in [5.41, 5.74) is 0.272. The largest absolute Gasteiger partial charge is 0.378 e. The highest BCUT2D eigenvalue weighted by atomic mass is 16.5. The van der Waals surface area contributed by atoms with Crippen molar-refractivity contribution in [2.45, 2.75) is 84.1 Å². The van der Waals surface area contributed by atoms with Crippen molar-refractivity contribution in [3.63, 3.8) is 0 Å². The first-order chi connectivity index (χ1) is 9.07. The van der Waals surface area contributed by atoms with Crippen molar-refractivity contribution >= 4 is 0 Å². The summed E-state index contributed by atoms with van der Waals surface area (Å²) in [4.78, 5) is 0. The van der Waals surface area contributed by atoms with Crippen LogP contribution in [0.3, 0.4) is 0 Å². The quantitative estimate of drug-likeness (QED) is 0.803. The van der Waals surface area contributed by atoms with Gasteiger partial charge in [-0.3, -0.25) is 0 Å². The lowest BCUT2D eigenvalue weighted by Crippen LogP contribution is -2.63. The lowest BCUT2D eigenvalue weighted by molar-refractivity contribution is -0.120. The van der Waals surface area contributed by atoms with Crippen LogP contribution in [0.15, 0.2) is 0 Å². The molecule has 3 nitrogen and oxygen atoms in total. The van der Waals surface area contributed by atoms with Crippen molar-refractivity contribution < 1.29 is 9.47 Å². The molecule has 2 fully saturated rings. The summed E-state index contributed by atoms with van der Waals surface area (Å²) < 4.78 is 11.6. The molecular weight excluding hydrogens is 238 g/mol. The molecule has 4 unspecified atom stereocenters. The predicted octanol–water partition coefficient (Wildman–Crippen LogP) is 3.13. The Balaban J connectivity index is 1.79. The Morgan fingerprint density at radius 2 is 2.05 bits per heavy atom. The number of hydrogen-bond donors (Lipinski definition) is 1. The van der Waals surface area contributed by atoms with E-state index >= 15 is 0 Å². The zero-order chi connectivity index (χ0) is 13.9. The van der Waals surface area contributed by atoms with Gasteiger partial charge in [-0.25, -0.2) is 0 Å². The van der Waals surface area contributed by atoms with Crippen LogP contribution in [-0.4, -0.2) is 37.5 Å². The molecule has 0 bridgehead atoms. The standard InChI is InChI=1S/C16H31NO2/c1-5-7-13-10-12(8-9-19-13)17-14-11-15(18-6-2)16(14,3)4/h12-15,17H,5-11H2,1-4H3. The van der Waals surface area contributed by atoms with Gasteiger partial charge < -0.3 is 14.8 Å². The molecule has 0 radical (unpaired) electrons. The third-order valence-electron chi connectivity index (χ3n) is 4.96. The summed E-state index contributed by atoms with van der Waals surface area (Å²) in [6.45, 7) is 10.7. The van der Waals surface area contributed by atoms with Crippen molar-refractivity contribution in [1.29, 1.82) is 0 Å². The second-order valence-corrected chi connectivity index (χ2v) is 6.72. The fraction of sp³-hybridized carbons (Fsp3) is 1.00. The van der Waals surface area contributed by atoms with Crippen LogP contribution in [0.2, 0.25) is 0 Å². The maximum Gasteiger partial charge on any atom is 0.0655 e. The summed E-state index contributed by atoms with van der Waals surface area (Å²) in [5, 5.41) is 3.86. The minimum Gasteiger partial charge on any atom is -0.378 e. The molecule has 1 saturated heterocycles. The maximum atomic E-state index is 5.83. The second-order valence-electron chi connectivity index (χ2n) is 6.72. The van der Waals surface area contributed by atoms with Crippen LogP contribution in [0.5, 0.6) is 0 Å². The number of hydrogen-bond acceptors (Lipinski definition) is 3. The molecule has 1 saturated carbocycles. The first kappa shape index (κ1) is 15.3. The van der Waals surface area contributed by atoms with Gasteiger partial charge in [-0.05, 0) is 32.6 Å². The van der Waals surface area contributed by atoms with Crippen molar-refractivity contribution in [3.05, 3.63) is 0 Å². The first-order valence-corrected chi connectivity index (χ1v) is 8.07. The average Bonchev–Trinajstić information content (AvgIpc) is 2.38. The van der Waals surface area contributed by atoms with Gasteiger partial charge in [0.25, 0.3) is 0 Å². The molecule has 0 amide bonds. The van der Waals surface area contributed by atoms with Gasteiger partial charge in [-0.2, -0.15) is 0 Å². The predicted molar refractivity (Wildman–Crippen MR) is 78.4 cm³/mol. The fourth-order valence-corrected chi connectivity index (χ4v) is 3.49. The van der Waals surface area contributed by atoms with Gasteiger partial charge >= 0.3 is 0 Å². The fourth-order valence-electron chi connectivity index (χ4n) is 3.49. The van der Waals surface area contributed by atoms with Gasteiger partial charge in [0.2, 0.25) is 0 Å². The van der Waals surface area contributed by atoms with Crippen molar-refractivity contribution in [3.8, 4) is 0 Å². The molecule has 112 valence electrons. The van der Waals surface area contributed by atoms with E-state index in [2.05, 4.69) is 33.0 Å². The van der Waals surface area contributed by atoms with Crippen LogP contribution in [0.1, 0.15) is 59.8 Å². The lowest BCUT2D eigenvalue weighted by atomic mass is 9.64. The third kappa shape index (κ3) is 3.50. The number of rotatable bonds is 6. The van der Waals surface area contributed by atoms with E-state index in [1.807, 2.05) is 0 Å². The van der Waals surface area contributed by atoms with Gasteiger partial charge in [0.1, 0.15) is 0 Å². The topological polar surface area (TPSA) is 30.5 Å². The molecule has 4 atom stereocenters.